The van der Waals surface area contributed by atoms with Gasteiger partial charge in [-0.3, -0.25) is 14.3 Å². The van der Waals surface area contributed by atoms with Gasteiger partial charge in [0.25, 0.3) is 5.91 Å². The Morgan fingerprint density at radius 3 is 2.33 bits per heavy atom. The number of carbonyl (C=O) groups is 2. The largest absolute Gasteiger partial charge is 0.449 e. The minimum Gasteiger partial charge on any atom is -0.449 e. The summed E-state index contributed by atoms with van der Waals surface area (Å²) in [4.78, 5) is 38.7. The molecule has 0 spiro atoms. The number of aromatic nitrogens is 4. The Kier molecular flexibility index (Phi) is 5.30. The number of carbonyl (C=O) groups excluding carboxylic acids is 2. The maximum Gasteiger partial charge on any atom is 0.338 e. The first-order valence-electron chi connectivity index (χ1n) is 11.8. The van der Waals surface area contributed by atoms with Crippen LogP contribution in [0, 0.1) is 0 Å². The lowest BCUT2D eigenvalue weighted by atomic mass is 10.2. The van der Waals surface area contributed by atoms with E-state index in [1.165, 1.54) is 0 Å². The molecule has 3 heterocycles. The van der Waals surface area contributed by atoms with Gasteiger partial charge in [0.1, 0.15) is 5.82 Å². The molecule has 7 heteroatoms. The van der Waals surface area contributed by atoms with Crippen molar-refractivity contribution in [2.45, 2.75) is 19.4 Å². The summed E-state index contributed by atoms with van der Waals surface area (Å²) in [5, 5.41) is 1.97. The summed E-state index contributed by atoms with van der Waals surface area (Å²) in [7, 11) is 0. The number of ether oxygens (including phenoxy) is 1. The summed E-state index contributed by atoms with van der Waals surface area (Å²) in [5.74, 6) is -0.170. The molecule has 1 atom stereocenters. The normalized spacial score (nSPS) is 12.2. The molecular weight excluding hydrogens is 452 g/mol. The molecule has 1 N–H and O–H groups in total. The molecule has 0 saturated carbocycles. The molecule has 0 aliphatic heterocycles. The maximum absolute atomic E-state index is 13.7. The first-order chi connectivity index (χ1) is 17.6. The highest BCUT2D eigenvalue weighted by atomic mass is 16.5. The number of fused-ring (bicyclic) bond motifs is 4. The highest BCUT2D eigenvalue weighted by Gasteiger charge is 2.26. The number of pyridine rings is 1. The number of nitrogens with one attached hydrogen (secondary N) is 1. The molecule has 3 aromatic heterocycles. The summed E-state index contributed by atoms with van der Waals surface area (Å²) in [6, 6.07) is 24.4. The van der Waals surface area contributed by atoms with Gasteiger partial charge in [-0.25, -0.2) is 9.78 Å². The molecular formula is C29H22N4O3. The summed E-state index contributed by atoms with van der Waals surface area (Å²) >= 11 is 0. The van der Waals surface area contributed by atoms with Gasteiger partial charge < -0.3 is 9.72 Å². The monoisotopic (exact) mass is 474 g/mol. The van der Waals surface area contributed by atoms with Crippen LogP contribution in [-0.4, -0.2) is 37.5 Å². The van der Waals surface area contributed by atoms with Crippen molar-refractivity contribution in [3.63, 3.8) is 0 Å². The molecule has 0 amide bonds. The van der Waals surface area contributed by atoms with Gasteiger partial charge in [-0.15, -0.1) is 0 Å². The van der Waals surface area contributed by atoms with Crippen LogP contribution in [0.25, 0.3) is 44.2 Å². The van der Waals surface area contributed by atoms with Crippen molar-refractivity contribution < 1.29 is 14.3 Å². The van der Waals surface area contributed by atoms with Crippen molar-refractivity contribution >= 4 is 44.7 Å². The number of H-pyrrole nitrogens is 1. The summed E-state index contributed by atoms with van der Waals surface area (Å²) in [5.41, 5.74) is 4.20. The van der Waals surface area contributed by atoms with E-state index in [4.69, 9.17) is 4.74 Å². The molecule has 0 aliphatic rings. The van der Waals surface area contributed by atoms with E-state index in [0.717, 1.165) is 32.9 Å². The number of rotatable bonds is 5. The highest BCUT2D eigenvalue weighted by molar-refractivity contribution is 6.14. The molecule has 0 bridgehead atoms. The Morgan fingerprint density at radius 1 is 0.944 bits per heavy atom. The van der Waals surface area contributed by atoms with Crippen molar-refractivity contribution in [2.75, 3.05) is 0 Å². The topological polar surface area (TPSA) is 89.9 Å². The number of para-hydroxylation sites is 2. The first-order valence-corrected chi connectivity index (χ1v) is 11.8. The third-order valence-electron chi connectivity index (χ3n) is 6.35. The highest BCUT2D eigenvalue weighted by Crippen LogP contribution is 2.29. The Balaban J connectivity index is 1.31. The number of aromatic amines is 1. The van der Waals surface area contributed by atoms with E-state index in [1.807, 2.05) is 67.6 Å². The van der Waals surface area contributed by atoms with Crippen LogP contribution in [0.15, 0.2) is 91.3 Å². The second-order valence-corrected chi connectivity index (χ2v) is 8.57. The van der Waals surface area contributed by atoms with Gasteiger partial charge in [0.15, 0.2) is 6.10 Å². The molecule has 6 aromatic rings. The van der Waals surface area contributed by atoms with Gasteiger partial charge in [0, 0.05) is 28.7 Å². The zero-order chi connectivity index (χ0) is 24.6. The second-order valence-electron chi connectivity index (χ2n) is 8.57. The Hall–Kier alpha value is -4.78. The molecule has 3 aromatic carbocycles. The smallest absolute Gasteiger partial charge is 0.338 e. The van der Waals surface area contributed by atoms with Crippen molar-refractivity contribution in [1.82, 2.24) is 19.5 Å². The van der Waals surface area contributed by atoms with Crippen LogP contribution in [0.2, 0.25) is 0 Å². The fourth-order valence-corrected chi connectivity index (χ4v) is 4.59. The van der Waals surface area contributed by atoms with E-state index in [1.54, 1.807) is 35.2 Å². The molecule has 7 nitrogen and oxygen atoms in total. The molecule has 176 valence electrons. The Morgan fingerprint density at radius 2 is 1.67 bits per heavy atom. The van der Waals surface area contributed by atoms with Gasteiger partial charge in [0.05, 0.1) is 27.6 Å². The predicted octanol–water partition coefficient (Wildman–Crippen LogP) is 6.01. The molecule has 0 fully saturated rings. The first kappa shape index (κ1) is 21.7. The number of esters is 1. The van der Waals surface area contributed by atoms with E-state index in [9.17, 15) is 9.59 Å². The van der Waals surface area contributed by atoms with Crippen LogP contribution >= 0.6 is 0 Å². The lowest BCUT2D eigenvalue weighted by Crippen LogP contribution is -2.31. The third-order valence-corrected chi connectivity index (χ3v) is 6.35. The van der Waals surface area contributed by atoms with Crippen molar-refractivity contribution in [3.05, 3.63) is 96.8 Å². The van der Waals surface area contributed by atoms with E-state index >= 15 is 0 Å². The minimum atomic E-state index is -0.930. The van der Waals surface area contributed by atoms with Crippen molar-refractivity contribution in [2.24, 2.45) is 0 Å². The third kappa shape index (κ3) is 3.62. The molecule has 0 radical (unpaired) electrons. The van der Waals surface area contributed by atoms with Crippen LogP contribution in [0.3, 0.4) is 0 Å². The Bertz CT molecular complexity index is 1700. The van der Waals surface area contributed by atoms with Gasteiger partial charge in [0.2, 0.25) is 0 Å². The van der Waals surface area contributed by atoms with Crippen molar-refractivity contribution in [3.8, 4) is 11.4 Å². The summed E-state index contributed by atoms with van der Waals surface area (Å²) < 4.78 is 7.41. The minimum absolute atomic E-state index is 0.273. The molecule has 36 heavy (non-hydrogen) atoms. The standard InChI is InChI=1S/C29H22N4O3/c1-2-26(28(34)33-24-11-5-3-9-20(24)21-10-4-6-12-25(21)33)36-29(35)18-13-14-22-23(16-18)32-27(31-22)19-8-7-15-30-17-19/h3-17,26H,2H2,1H3,(H,31,32). The molecule has 6 rings (SSSR count). The second kappa shape index (κ2) is 8.78. The van der Waals surface area contributed by atoms with Crippen LogP contribution in [-0.2, 0) is 4.74 Å². The van der Waals surface area contributed by atoms with E-state index in [-0.39, 0.29) is 5.91 Å². The van der Waals surface area contributed by atoms with Crippen molar-refractivity contribution in [1.29, 1.82) is 0 Å². The zero-order valence-corrected chi connectivity index (χ0v) is 19.5. The molecule has 0 aliphatic carbocycles. The number of benzene rings is 3. The fraction of sp³-hybridized carbons (Fsp3) is 0.103. The van der Waals surface area contributed by atoms with Crippen LogP contribution in [0.1, 0.15) is 28.5 Å². The van der Waals surface area contributed by atoms with E-state index in [0.29, 0.717) is 23.3 Å². The average Bonchev–Trinajstić information content (AvgIpc) is 3.51. The van der Waals surface area contributed by atoms with Gasteiger partial charge in [-0.1, -0.05) is 43.3 Å². The van der Waals surface area contributed by atoms with Gasteiger partial charge in [-0.05, 0) is 48.9 Å². The number of hydrogen-bond acceptors (Lipinski definition) is 5. The van der Waals surface area contributed by atoms with Crippen LogP contribution in [0.5, 0.6) is 0 Å². The number of nitrogens with zero attached hydrogens (tertiary/aromatic N) is 3. The average molecular weight is 475 g/mol. The van der Waals surface area contributed by atoms with Gasteiger partial charge >= 0.3 is 5.97 Å². The quantitative estimate of drug-likeness (QED) is 0.309. The fourth-order valence-electron chi connectivity index (χ4n) is 4.59. The van der Waals surface area contributed by atoms with E-state index in [2.05, 4.69) is 15.0 Å². The lowest BCUT2D eigenvalue weighted by molar-refractivity contribution is 0.0245. The lowest BCUT2D eigenvalue weighted by Gasteiger charge is -2.17. The SMILES string of the molecule is CCC(OC(=O)c1ccc2nc(-c3cccnc3)[nH]c2c1)C(=O)n1c2ccccc2c2ccccc21. The molecule has 0 saturated heterocycles. The summed E-state index contributed by atoms with van der Waals surface area (Å²) in [6.07, 6.45) is 2.84. The molecule has 1 unspecified atom stereocenters. The Labute approximate surface area is 206 Å². The maximum atomic E-state index is 13.7. The predicted molar refractivity (Wildman–Crippen MR) is 139 cm³/mol. The van der Waals surface area contributed by atoms with Crippen LogP contribution in [0.4, 0.5) is 0 Å². The zero-order valence-electron chi connectivity index (χ0n) is 19.5. The van der Waals surface area contributed by atoms with Crippen LogP contribution < -0.4 is 0 Å². The summed E-state index contributed by atoms with van der Waals surface area (Å²) in [6.45, 7) is 1.84. The van der Waals surface area contributed by atoms with E-state index < -0.39 is 12.1 Å². The van der Waals surface area contributed by atoms with Gasteiger partial charge in [-0.2, -0.15) is 0 Å². The number of imidazole rings is 1. The number of hydrogen-bond donors (Lipinski definition) is 1.